The van der Waals surface area contributed by atoms with Crippen molar-refractivity contribution in [3.05, 3.63) is 35.6 Å². The number of aliphatic hydroxyl groups excluding tert-OH is 1. The molecule has 0 amide bonds. The van der Waals surface area contributed by atoms with Crippen LogP contribution in [0, 0.1) is 0 Å². The number of nitrogens with zero attached hydrogens (tertiary/aromatic N) is 4. The number of hydrogen-bond acceptors (Lipinski definition) is 5. The summed E-state index contributed by atoms with van der Waals surface area (Å²) in [5.41, 5.74) is 1.28. The van der Waals surface area contributed by atoms with E-state index in [1.165, 1.54) is 5.69 Å². The first kappa shape index (κ1) is 16.6. The van der Waals surface area contributed by atoms with Gasteiger partial charge in [0.2, 0.25) is 0 Å². The third-order valence-corrected chi connectivity index (χ3v) is 5.35. The Bertz CT molecular complexity index is 596. The van der Waals surface area contributed by atoms with E-state index in [-0.39, 0.29) is 6.61 Å². The smallest absolute Gasteiger partial charge is 0.193 e. The van der Waals surface area contributed by atoms with E-state index in [1.807, 2.05) is 11.6 Å². The second-order valence-electron chi connectivity index (χ2n) is 6.42. The summed E-state index contributed by atoms with van der Waals surface area (Å²) in [4.78, 5) is 9.43. The van der Waals surface area contributed by atoms with E-state index in [0.717, 1.165) is 37.7 Å². The van der Waals surface area contributed by atoms with Crippen LogP contribution in [0.5, 0.6) is 0 Å². The van der Waals surface area contributed by atoms with Gasteiger partial charge in [0.15, 0.2) is 5.13 Å². The minimum atomic E-state index is 0.261. The lowest BCUT2D eigenvalue weighted by Crippen LogP contribution is -2.55. The molecule has 0 bridgehead atoms. The summed E-state index contributed by atoms with van der Waals surface area (Å²) in [5.74, 6) is 0. The fourth-order valence-electron chi connectivity index (χ4n) is 3.46. The zero-order valence-electron chi connectivity index (χ0n) is 13.9. The summed E-state index contributed by atoms with van der Waals surface area (Å²) in [7, 11) is 0. The average molecular weight is 334 g/mol. The summed E-state index contributed by atoms with van der Waals surface area (Å²) in [6, 6.07) is 5.24. The molecule has 2 aromatic rings. The van der Waals surface area contributed by atoms with E-state index in [4.69, 9.17) is 0 Å². The Hall–Kier alpha value is -1.21. The molecule has 0 aromatic carbocycles. The Morgan fingerprint density at radius 2 is 2.26 bits per heavy atom. The van der Waals surface area contributed by atoms with E-state index < -0.39 is 0 Å². The molecular formula is C17H26N4OS. The van der Waals surface area contributed by atoms with Crippen LogP contribution in [-0.4, -0.2) is 62.8 Å². The van der Waals surface area contributed by atoms with Gasteiger partial charge in [-0.15, -0.1) is 11.3 Å². The molecule has 1 aliphatic heterocycles. The van der Waals surface area contributed by atoms with Crippen molar-refractivity contribution in [1.29, 1.82) is 0 Å². The first-order valence-corrected chi connectivity index (χ1v) is 9.22. The Labute approximate surface area is 142 Å². The molecule has 0 saturated carbocycles. The van der Waals surface area contributed by atoms with Crippen molar-refractivity contribution in [1.82, 2.24) is 19.4 Å². The molecule has 1 saturated heterocycles. The van der Waals surface area contributed by atoms with Gasteiger partial charge in [-0.1, -0.05) is 0 Å². The van der Waals surface area contributed by atoms with Crippen molar-refractivity contribution in [3.63, 3.8) is 0 Å². The first-order valence-electron chi connectivity index (χ1n) is 8.34. The minimum absolute atomic E-state index is 0.261. The summed E-state index contributed by atoms with van der Waals surface area (Å²) >= 11 is 1.66. The lowest BCUT2D eigenvalue weighted by atomic mass is 10.1. The van der Waals surface area contributed by atoms with Gasteiger partial charge in [-0.3, -0.25) is 14.4 Å². The summed E-state index contributed by atoms with van der Waals surface area (Å²) in [6.07, 6.45) is 4.79. The van der Waals surface area contributed by atoms with Crippen LogP contribution in [0.3, 0.4) is 0 Å². The molecule has 0 radical (unpaired) electrons. The van der Waals surface area contributed by atoms with E-state index in [2.05, 4.69) is 51.5 Å². The fraction of sp³-hybridized carbons (Fsp3) is 0.588. The molecule has 1 fully saturated rings. The van der Waals surface area contributed by atoms with Crippen LogP contribution >= 0.6 is 11.3 Å². The van der Waals surface area contributed by atoms with Crippen molar-refractivity contribution in [2.75, 3.05) is 26.2 Å². The highest BCUT2D eigenvalue weighted by atomic mass is 32.1. The quantitative estimate of drug-likeness (QED) is 0.880. The van der Waals surface area contributed by atoms with Crippen molar-refractivity contribution in [3.8, 4) is 5.13 Å². The Kier molecular flexibility index (Phi) is 5.48. The van der Waals surface area contributed by atoms with Crippen LogP contribution in [0.4, 0.5) is 0 Å². The predicted molar refractivity (Wildman–Crippen MR) is 94.1 cm³/mol. The van der Waals surface area contributed by atoms with Gasteiger partial charge in [0.25, 0.3) is 0 Å². The molecular weight excluding hydrogens is 308 g/mol. The second-order valence-corrected chi connectivity index (χ2v) is 7.29. The van der Waals surface area contributed by atoms with Gasteiger partial charge >= 0.3 is 0 Å². The minimum Gasteiger partial charge on any atom is -0.396 e. The van der Waals surface area contributed by atoms with E-state index in [9.17, 15) is 5.11 Å². The Morgan fingerprint density at radius 1 is 1.39 bits per heavy atom. The van der Waals surface area contributed by atoms with Crippen LogP contribution < -0.4 is 0 Å². The highest BCUT2D eigenvalue weighted by Gasteiger charge is 2.28. The largest absolute Gasteiger partial charge is 0.396 e. The molecule has 6 heteroatoms. The maximum atomic E-state index is 9.37. The lowest BCUT2D eigenvalue weighted by Gasteiger charge is -2.43. The third-order valence-electron chi connectivity index (χ3n) is 4.58. The molecule has 0 aliphatic carbocycles. The zero-order chi connectivity index (χ0) is 16.2. The van der Waals surface area contributed by atoms with E-state index in [0.29, 0.717) is 12.1 Å². The number of piperazine rings is 1. The Balaban J connectivity index is 1.68. The molecule has 2 aromatic heterocycles. The summed E-state index contributed by atoms with van der Waals surface area (Å²) < 4.78 is 2.18. The van der Waals surface area contributed by atoms with Gasteiger partial charge < -0.3 is 5.11 Å². The number of rotatable bonds is 6. The van der Waals surface area contributed by atoms with Gasteiger partial charge in [-0.05, 0) is 32.4 Å². The topological polar surface area (TPSA) is 44.5 Å². The van der Waals surface area contributed by atoms with E-state index >= 15 is 0 Å². The van der Waals surface area contributed by atoms with Crippen LogP contribution in [0.1, 0.15) is 26.0 Å². The summed E-state index contributed by atoms with van der Waals surface area (Å²) in [6.45, 7) is 8.84. The maximum Gasteiger partial charge on any atom is 0.193 e. The molecule has 1 aliphatic rings. The average Bonchev–Trinajstić information content (AvgIpc) is 3.18. The highest BCUT2D eigenvalue weighted by Crippen LogP contribution is 2.20. The molecule has 0 unspecified atom stereocenters. The molecule has 3 heterocycles. The second kappa shape index (κ2) is 7.57. The van der Waals surface area contributed by atoms with Gasteiger partial charge in [0.05, 0.1) is 0 Å². The number of hydrogen-bond donors (Lipinski definition) is 1. The third kappa shape index (κ3) is 3.83. The van der Waals surface area contributed by atoms with Crippen LogP contribution in [0.15, 0.2) is 29.9 Å². The van der Waals surface area contributed by atoms with Crippen molar-refractivity contribution in [2.24, 2.45) is 0 Å². The molecule has 126 valence electrons. The highest BCUT2D eigenvalue weighted by molar-refractivity contribution is 7.12. The van der Waals surface area contributed by atoms with Crippen LogP contribution in [-0.2, 0) is 6.54 Å². The van der Waals surface area contributed by atoms with Gasteiger partial charge in [0.1, 0.15) is 0 Å². The monoisotopic (exact) mass is 334 g/mol. The molecule has 1 N–H and O–H groups in total. The number of aromatic nitrogens is 2. The van der Waals surface area contributed by atoms with Crippen LogP contribution in [0.2, 0.25) is 0 Å². The Morgan fingerprint density at radius 3 is 2.96 bits per heavy atom. The molecule has 0 spiro atoms. The normalized spacial score (nSPS) is 20.4. The fourth-order valence-corrected chi connectivity index (χ4v) is 4.12. The SMILES string of the molecule is CC(C)N1CCN(Cc2cccn2-c2nccs2)C[C@H]1CCO. The lowest BCUT2D eigenvalue weighted by molar-refractivity contribution is 0.0342. The molecule has 5 nitrogen and oxygen atoms in total. The standard InChI is InChI=1S/C17H26N4OS/c1-14(2)20-9-8-19(13-16(20)5-10-22)12-15-4-3-7-21(15)17-18-6-11-23-17/h3-4,6-7,11,14,16,22H,5,8-10,12-13H2,1-2H3/t16-/m1/s1. The van der Waals surface area contributed by atoms with E-state index in [1.54, 1.807) is 11.3 Å². The molecule has 3 rings (SSSR count). The van der Waals surface area contributed by atoms with Gasteiger partial charge in [-0.2, -0.15) is 0 Å². The first-order chi connectivity index (χ1) is 11.2. The van der Waals surface area contributed by atoms with Crippen molar-refractivity contribution < 1.29 is 5.11 Å². The molecule has 23 heavy (non-hydrogen) atoms. The van der Waals surface area contributed by atoms with Crippen LogP contribution in [0.25, 0.3) is 5.13 Å². The maximum absolute atomic E-state index is 9.37. The number of aliphatic hydroxyl groups is 1. The molecule has 1 atom stereocenters. The number of thiazole rings is 1. The predicted octanol–water partition coefficient (Wildman–Crippen LogP) is 2.21. The van der Waals surface area contributed by atoms with Crippen molar-refractivity contribution in [2.45, 2.75) is 38.9 Å². The van der Waals surface area contributed by atoms with Gasteiger partial charge in [-0.25, -0.2) is 4.98 Å². The zero-order valence-corrected chi connectivity index (χ0v) is 14.7. The summed E-state index contributed by atoms with van der Waals surface area (Å²) in [5, 5.41) is 12.4. The van der Waals surface area contributed by atoms with Crippen molar-refractivity contribution >= 4 is 11.3 Å². The van der Waals surface area contributed by atoms with Gasteiger partial charge in [0, 0.05) is 68.3 Å².